The summed E-state index contributed by atoms with van der Waals surface area (Å²) in [4.78, 5) is 11.6. The van der Waals surface area contributed by atoms with Gasteiger partial charge in [-0.3, -0.25) is 4.79 Å². The van der Waals surface area contributed by atoms with E-state index in [1.807, 2.05) is 38.1 Å². The first-order valence-corrected chi connectivity index (χ1v) is 7.59. The SMILES string of the molecule is CCC(=O)Nc1ccccc1COc1cc(C)c(C)cc1C. The van der Waals surface area contributed by atoms with Crippen molar-refractivity contribution in [1.82, 2.24) is 0 Å². The van der Waals surface area contributed by atoms with E-state index in [4.69, 9.17) is 4.74 Å². The fraction of sp³-hybridized carbons (Fsp3) is 0.316. The Bertz CT molecular complexity index is 677. The van der Waals surface area contributed by atoms with Gasteiger partial charge < -0.3 is 10.1 Å². The molecule has 0 aliphatic rings. The van der Waals surface area contributed by atoms with Crippen molar-refractivity contribution in [2.24, 2.45) is 0 Å². The van der Waals surface area contributed by atoms with E-state index in [0.29, 0.717) is 13.0 Å². The van der Waals surface area contributed by atoms with E-state index < -0.39 is 0 Å². The van der Waals surface area contributed by atoms with Crippen LogP contribution in [0.4, 0.5) is 5.69 Å². The van der Waals surface area contributed by atoms with E-state index >= 15 is 0 Å². The summed E-state index contributed by atoms with van der Waals surface area (Å²) in [6.07, 6.45) is 0.464. The molecule has 0 aliphatic heterocycles. The molecule has 22 heavy (non-hydrogen) atoms. The molecule has 116 valence electrons. The van der Waals surface area contributed by atoms with Gasteiger partial charge in [-0.05, 0) is 49.6 Å². The standard InChI is InChI=1S/C19H23NO2/c1-5-19(21)20-17-9-7-6-8-16(17)12-22-18-11-14(3)13(2)10-15(18)4/h6-11H,5,12H2,1-4H3,(H,20,21). The maximum absolute atomic E-state index is 11.6. The Morgan fingerprint density at radius 3 is 2.45 bits per heavy atom. The van der Waals surface area contributed by atoms with Crippen molar-refractivity contribution in [3.8, 4) is 5.75 Å². The summed E-state index contributed by atoms with van der Waals surface area (Å²) in [6, 6.07) is 11.9. The first kappa shape index (κ1) is 16.1. The van der Waals surface area contributed by atoms with Crippen LogP contribution in [0, 0.1) is 20.8 Å². The number of anilines is 1. The lowest BCUT2D eigenvalue weighted by atomic mass is 10.1. The second-order valence-corrected chi connectivity index (χ2v) is 5.55. The summed E-state index contributed by atoms with van der Waals surface area (Å²) in [5, 5.41) is 2.91. The van der Waals surface area contributed by atoms with Crippen molar-refractivity contribution in [3.05, 3.63) is 58.7 Å². The molecular weight excluding hydrogens is 274 g/mol. The Hall–Kier alpha value is -2.29. The quantitative estimate of drug-likeness (QED) is 0.880. The zero-order valence-electron chi connectivity index (χ0n) is 13.7. The number of para-hydroxylation sites is 1. The lowest BCUT2D eigenvalue weighted by molar-refractivity contribution is -0.115. The number of carbonyl (C=O) groups excluding carboxylic acids is 1. The lowest BCUT2D eigenvalue weighted by Crippen LogP contribution is -2.12. The molecule has 2 rings (SSSR count). The molecule has 1 amide bonds. The van der Waals surface area contributed by atoms with Crippen LogP contribution in [0.2, 0.25) is 0 Å². The van der Waals surface area contributed by atoms with E-state index in [-0.39, 0.29) is 5.91 Å². The Morgan fingerprint density at radius 1 is 1.05 bits per heavy atom. The van der Waals surface area contributed by atoms with E-state index in [1.165, 1.54) is 11.1 Å². The Labute approximate surface area is 132 Å². The lowest BCUT2D eigenvalue weighted by Gasteiger charge is -2.14. The second kappa shape index (κ2) is 7.12. The number of benzene rings is 2. The molecule has 3 nitrogen and oxygen atoms in total. The van der Waals surface area contributed by atoms with Crippen molar-refractivity contribution in [2.45, 2.75) is 40.7 Å². The van der Waals surface area contributed by atoms with Crippen molar-refractivity contribution in [2.75, 3.05) is 5.32 Å². The highest BCUT2D eigenvalue weighted by Crippen LogP contribution is 2.24. The molecule has 3 heteroatoms. The summed E-state index contributed by atoms with van der Waals surface area (Å²) in [6.45, 7) is 8.50. The second-order valence-electron chi connectivity index (χ2n) is 5.55. The number of amides is 1. The fourth-order valence-corrected chi connectivity index (χ4v) is 2.25. The van der Waals surface area contributed by atoms with Gasteiger partial charge >= 0.3 is 0 Å². The number of aryl methyl sites for hydroxylation is 3. The van der Waals surface area contributed by atoms with Crippen LogP contribution in [0.1, 0.15) is 35.6 Å². The number of rotatable bonds is 5. The van der Waals surface area contributed by atoms with E-state index in [1.54, 1.807) is 0 Å². The molecule has 0 bridgehead atoms. The Morgan fingerprint density at radius 2 is 1.73 bits per heavy atom. The van der Waals surface area contributed by atoms with Crippen LogP contribution in [-0.2, 0) is 11.4 Å². The van der Waals surface area contributed by atoms with Gasteiger partial charge in [-0.15, -0.1) is 0 Å². The molecular formula is C19H23NO2. The van der Waals surface area contributed by atoms with E-state index in [0.717, 1.165) is 22.6 Å². The normalized spacial score (nSPS) is 10.4. The van der Waals surface area contributed by atoms with Crippen LogP contribution in [0.3, 0.4) is 0 Å². The first-order chi connectivity index (χ1) is 10.5. The molecule has 0 radical (unpaired) electrons. The predicted molar refractivity (Wildman–Crippen MR) is 90.3 cm³/mol. The van der Waals surface area contributed by atoms with E-state index in [2.05, 4.69) is 31.3 Å². The average molecular weight is 297 g/mol. The van der Waals surface area contributed by atoms with Crippen molar-refractivity contribution in [3.63, 3.8) is 0 Å². The zero-order valence-corrected chi connectivity index (χ0v) is 13.7. The highest BCUT2D eigenvalue weighted by molar-refractivity contribution is 5.91. The fourth-order valence-electron chi connectivity index (χ4n) is 2.25. The minimum absolute atomic E-state index is 0.00908. The predicted octanol–water partition coefficient (Wildman–Crippen LogP) is 4.54. The van der Waals surface area contributed by atoms with Crippen molar-refractivity contribution in [1.29, 1.82) is 0 Å². The molecule has 2 aromatic carbocycles. The van der Waals surface area contributed by atoms with Gasteiger partial charge in [0.2, 0.25) is 5.91 Å². The van der Waals surface area contributed by atoms with Gasteiger partial charge in [-0.25, -0.2) is 0 Å². The molecule has 0 aliphatic carbocycles. The van der Waals surface area contributed by atoms with Gasteiger partial charge in [-0.2, -0.15) is 0 Å². The molecule has 0 fully saturated rings. The van der Waals surface area contributed by atoms with Crippen molar-refractivity contribution < 1.29 is 9.53 Å². The van der Waals surface area contributed by atoms with Gasteiger partial charge in [0.05, 0.1) is 0 Å². The van der Waals surface area contributed by atoms with Crippen LogP contribution in [0.25, 0.3) is 0 Å². The minimum Gasteiger partial charge on any atom is -0.489 e. The largest absolute Gasteiger partial charge is 0.489 e. The van der Waals surface area contributed by atoms with Gasteiger partial charge in [-0.1, -0.05) is 31.2 Å². The highest BCUT2D eigenvalue weighted by Gasteiger charge is 2.07. The molecule has 0 saturated carbocycles. The minimum atomic E-state index is 0.00908. The molecule has 0 atom stereocenters. The third-order valence-corrected chi connectivity index (χ3v) is 3.79. The molecule has 0 heterocycles. The van der Waals surface area contributed by atoms with Crippen LogP contribution in [0.15, 0.2) is 36.4 Å². The monoisotopic (exact) mass is 297 g/mol. The molecule has 0 saturated heterocycles. The van der Waals surface area contributed by atoms with Crippen LogP contribution >= 0.6 is 0 Å². The number of carbonyl (C=O) groups is 1. The van der Waals surface area contributed by atoms with E-state index in [9.17, 15) is 4.79 Å². The first-order valence-electron chi connectivity index (χ1n) is 7.59. The summed E-state index contributed by atoms with van der Waals surface area (Å²) in [5.74, 6) is 0.898. The Kier molecular flexibility index (Phi) is 5.21. The maximum Gasteiger partial charge on any atom is 0.224 e. The number of ether oxygens (including phenoxy) is 1. The van der Waals surface area contributed by atoms with Crippen LogP contribution < -0.4 is 10.1 Å². The molecule has 0 aromatic heterocycles. The Balaban J connectivity index is 2.15. The number of hydrogen-bond acceptors (Lipinski definition) is 2. The van der Waals surface area contributed by atoms with Crippen molar-refractivity contribution >= 4 is 11.6 Å². The average Bonchev–Trinajstić information content (AvgIpc) is 2.50. The zero-order chi connectivity index (χ0) is 16.1. The molecule has 0 spiro atoms. The van der Waals surface area contributed by atoms with Gasteiger partial charge in [0.1, 0.15) is 12.4 Å². The summed E-state index contributed by atoms with van der Waals surface area (Å²) in [5.41, 5.74) is 5.39. The smallest absolute Gasteiger partial charge is 0.224 e. The third-order valence-electron chi connectivity index (χ3n) is 3.79. The molecule has 0 unspecified atom stereocenters. The molecule has 2 aromatic rings. The third kappa shape index (κ3) is 3.88. The number of nitrogens with one attached hydrogen (secondary N) is 1. The summed E-state index contributed by atoms with van der Waals surface area (Å²) in [7, 11) is 0. The maximum atomic E-state index is 11.6. The van der Waals surface area contributed by atoms with Crippen LogP contribution in [-0.4, -0.2) is 5.91 Å². The highest BCUT2D eigenvalue weighted by atomic mass is 16.5. The van der Waals surface area contributed by atoms with Gasteiger partial charge in [0.15, 0.2) is 0 Å². The topological polar surface area (TPSA) is 38.3 Å². The summed E-state index contributed by atoms with van der Waals surface area (Å²) >= 11 is 0. The van der Waals surface area contributed by atoms with Gasteiger partial charge in [0.25, 0.3) is 0 Å². The molecule has 1 N–H and O–H groups in total. The van der Waals surface area contributed by atoms with Crippen LogP contribution in [0.5, 0.6) is 5.75 Å². The number of hydrogen-bond donors (Lipinski definition) is 1. The van der Waals surface area contributed by atoms with Gasteiger partial charge in [0, 0.05) is 17.7 Å². The summed E-state index contributed by atoms with van der Waals surface area (Å²) < 4.78 is 5.96.